The average molecular weight is 136 g/mol. The summed E-state index contributed by atoms with van der Waals surface area (Å²) < 4.78 is 0. The van der Waals surface area contributed by atoms with Crippen molar-refractivity contribution in [3.63, 3.8) is 0 Å². The Morgan fingerprint density at radius 3 is 2.50 bits per heavy atom. The molecule has 0 nitrogen and oxygen atoms in total. The molecule has 0 unspecified atom stereocenters. The molecule has 3 aliphatic rings. The molecule has 0 aromatic heterocycles. The van der Waals surface area contributed by atoms with E-state index < -0.39 is 0 Å². The van der Waals surface area contributed by atoms with Gasteiger partial charge in [0.15, 0.2) is 0 Å². The first-order valence-corrected chi connectivity index (χ1v) is 4.30. The fourth-order valence-corrected chi connectivity index (χ4v) is 2.73. The normalized spacial score (nSPS) is 42.8. The minimum atomic E-state index is 0.606. The summed E-state index contributed by atoms with van der Waals surface area (Å²) in [6, 6.07) is 0. The van der Waals surface area contributed by atoms with E-state index in [2.05, 4.69) is 20.4 Å². The first-order valence-electron chi connectivity index (χ1n) is 4.30. The Labute approximate surface area is 63.3 Å². The van der Waals surface area contributed by atoms with Gasteiger partial charge in [-0.25, -0.2) is 0 Å². The lowest BCUT2D eigenvalue weighted by atomic mass is 9.47. The van der Waals surface area contributed by atoms with Gasteiger partial charge in [-0.1, -0.05) is 26.0 Å². The van der Waals surface area contributed by atoms with Gasteiger partial charge in [0.2, 0.25) is 0 Å². The van der Waals surface area contributed by atoms with Crippen LogP contribution in [0.25, 0.3) is 0 Å². The van der Waals surface area contributed by atoms with Crippen molar-refractivity contribution in [3.8, 4) is 0 Å². The first-order chi connectivity index (χ1) is 4.62. The monoisotopic (exact) mass is 136 g/mol. The highest BCUT2D eigenvalue weighted by atomic mass is 14.6. The molecule has 2 bridgehead atoms. The molecule has 3 fully saturated rings. The van der Waals surface area contributed by atoms with Crippen LogP contribution in [-0.2, 0) is 0 Å². The number of rotatable bonds is 0. The van der Waals surface area contributed by atoms with Crippen molar-refractivity contribution in [2.75, 3.05) is 0 Å². The zero-order chi connectivity index (χ0) is 7.35. The van der Waals surface area contributed by atoms with E-state index in [1.165, 1.54) is 24.8 Å². The summed E-state index contributed by atoms with van der Waals surface area (Å²) in [5.74, 6) is 1.88. The molecule has 0 aromatic rings. The van der Waals surface area contributed by atoms with Crippen molar-refractivity contribution in [2.45, 2.75) is 33.1 Å². The lowest BCUT2D eigenvalue weighted by Crippen LogP contribution is -2.48. The fourth-order valence-electron chi connectivity index (χ4n) is 2.73. The number of hydrogen-bond donors (Lipinski definition) is 0. The standard InChI is InChI=1S/C10H16/c1-7-4-5-8-6-9(7)10(8,2)3/h8-9H,1,4-6H2,2-3H3/t8-,9+/m0/s1. The van der Waals surface area contributed by atoms with Crippen molar-refractivity contribution in [1.29, 1.82) is 0 Å². The van der Waals surface area contributed by atoms with Gasteiger partial charge in [-0.2, -0.15) is 0 Å². The summed E-state index contributed by atoms with van der Waals surface area (Å²) in [5.41, 5.74) is 2.13. The van der Waals surface area contributed by atoms with Gasteiger partial charge < -0.3 is 0 Å². The third-order valence-electron chi connectivity index (χ3n) is 3.78. The van der Waals surface area contributed by atoms with Gasteiger partial charge in [0.25, 0.3) is 0 Å². The van der Waals surface area contributed by atoms with Gasteiger partial charge >= 0.3 is 0 Å². The van der Waals surface area contributed by atoms with Gasteiger partial charge in [0, 0.05) is 0 Å². The van der Waals surface area contributed by atoms with Gasteiger partial charge in [-0.15, -0.1) is 0 Å². The van der Waals surface area contributed by atoms with Crippen molar-refractivity contribution in [2.24, 2.45) is 17.3 Å². The molecule has 3 aliphatic carbocycles. The molecule has 0 heteroatoms. The van der Waals surface area contributed by atoms with Crippen LogP contribution in [-0.4, -0.2) is 0 Å². The maximum absolute atomic E-state index is 4.13. The summed E-state index contributed by atoms with van der Waals surface area (Å²) in [4.78, 5) is 0. The summed E-state index contributed by atoms with van der Waals surface area (Å²) in [7, 11) is 0. The Balaban J connectivity index is 2.23. The van der Waals surface area contributed by atoms with Crippen molar-refractivity contribution < 1.29 is 0 Å². The molecular formula is C10H16. The largest absolute Gasteiger partial charge is 0.0996 e. The van der Waals surface area contributed by atoms with Crippen LogP contribution in [0.5, 0.6) is 0 Å². The molecule has 10 heavy (non-hydrogen) atoms. The van der Waals surface area contributed by atoms with Crippen molar-refractivity contribution in [1.82, 2.24) is 0 Å². The highest BCUT2D eigenvalue weighted by Crippen LogP contribution is 2.60. The summed E-state index contributed by atoms with van der Waals surface area (Å²) >= 11 is 0. The van der Waals surface area contributed by atoms with Gasteiger partial charge in [-0.05, 0) is 36.5 Å². The van der Waals surface area contributed by atoms with Crippen LogP contribution >= 0.6 is 0 Å². The second kappa shape index (κ2) is 1.66. The van der Waals surface area contributed by atoms with E-state index in [4.69, 9.17) is 0 Å². The number of allylic oxidation sites excluding steroid dienone is 1. The Morgan fingerprint density at radius 2 is 2.20 bits per heavy atom. The van der Waals surface area contributed by atoms with Gasteiger partial charge in [0.1, 0.15) is 0 Å². The maximum Gasteiger partial charge on any atom is -0.0149 e. The van der Waals surface area contributed by atoms with Crippen LogP contribution in [0.1, 0.15) is 33.1 Å². The predicted octanol–water partition coefficient (Wildman–Crippen LogP) is 3.00. The molecule has 0 heterocycles. The Hall–Kier alpha value is -0.260. The summed E-state index contributed by atoms with van der Waals surface area (Å²) in [6.45, 7) is 8.93. The average Bonchev–Trinajstić information content (AvgIpc) is 1.87. The molecule has 0 aliphatic heterocycles. The van der Waals surface area contributed by atoms with Crippen molar-refractivity contribution >= 4 is 0 Å². The van der Waals surface area contributed by atoms with E-state index in [0.717, 1.165) is 11.8 Å². The highest BCUT2D eigenvalue weighted by molar-refractivity contribution is 5.18. The van der Waals surface area contributed by atoms with E-state index >= 15 is 0 Å². The topological polar surface area (TPSA) is 0 Å². The van der Waals surface area contributed by atoms with Crippen LogP contribution in [0.15, 0.2) is 12.2 Å². The predicted molar refractivity (Wildman–Crippen MR) is 43.8 cm³/mol. The quantitative estimate of drug-likeness (QED) is 0.449. The minimum Gasteiger partial charge on any atom is -0.0996 e. The van der Waals surface area contributed by atoms with E-state index in [0.29, 0.717) is 5.41 Å². The first kappa shape index (κ1) is 6.45. The van der Waals surface area contributed by atoms with Crippen molar-refractivity contribution in [3.05, 3.63) is 12.2 Å². The zero-order valence-electron chi connectivity index (χ0n) is 6.98. The highest BCUT2D eigenvalue weighted by Gasteiger charge is 2.51. The Morgan fingerprint density at radius 1 is 1.50 bits per heavy atom. The molecule has 0 radical (unpaired) electrons. The van der Waals surface area contributed by atoms with E-state index in [-0.39, 0.29) is 0 Å². The van der Waals surface area contributed by atoms with Gasteiger partial charge in [-0.3, -0.25) is 0 Å². The zero-order valence-corrected chi connectivity index (χ0v) is 6.98. The van der Waals surface area contributed by atoms with E-state index in [9.17, 15) is 0 Å². The maximum atomic E-state index is 4.13. The third kappa shape index (κ3) is 0.574. The molecule has 0 saturated heterocycles. The molecule has 0 N–H and O–H groups in total. The van der Waals surface area contributed by atoms with E-state index in [1.807, 2.05) is 0 Å². The molecule has 0 aromatic carbocycles. The van der Waals surface area contributed by atoms with Crippen LogP contribution in [0.4, 0.5) is 0 Å². The summed E-state index contributed by atoms with van der Waals surface area (Å²) in [5, 5.41) is 0. The van der Waals surface area contributed by atoms with Crippen LogP contribution < -0.4 is 0 Å². The fraction of sp³-hybridized carbons (Fsp3) is 0.800. The van der Waals surface area contributed by atoms with Gasteiger partial charge in [0.05, 0.1) is 0 Å². The van der Waals surface area contributed by atoms with E-state index in [1.54, 1.807) is 0 Å². The molecule has 0 spiro atoms. The molecule has 56 valence electrons. The molecule has 2 atom stereocenters. The smallest absolute Gasteiger partial charge is 0.0149 e. The molecule has 0 amide bonds. The van der Waals surface area contributed by atoms with Crippen LogP contribution in [0.2, 0.25) is 0 Å². The lowest BCUT2D eigenvalue weighted by molar-refractivity contribution is -0.0273. The number of hydrogen-bond acceptors (Lipinski definition) is 0. The Bertz CT molecular complexity index is 174. The second-order valence-electron chi connectivity index (χ2n) is 4.50. The molecular weight excluding hydrogens is 120 g/mol. The molecule has 3 rings (SSSR count). The third-order valence-corrected chi connectivity index (χ3v) is 3.78. The lowest BCUT2D eigenvalue weighted by Gasteiger charge is -2.57. The number of fused-ring (bicyclic) bond motifs is 2. The van der Waals surface area contributed by atoms with Crippen LogP contribution in [0.3, 0.4) is 0 Å². The second-order valence-corrected chi connectivity index (χ2v) is 4.50. The Kier molecular flexibility index (Phi) is 1.07. The summed E-state index contributed by atoms with van der Waals surface area (Å²) in [6.07, 6.45) is 4.15. The molecule has 3 saturated carbocycles. The SMILES string of the molecule is C=C1CC[C@H]2C[C@H]1C2(C)C. The minimum absolute atomic E-state index is 0.606. The van der Waals surface area contributed by atoms with Crippen LogP contribution in [0, 0.1) is 17.3 Å².